The van der Waals surface area contributed by atoms with Crippen molar-refractivity contribution >= 4 is 11.6 Å². The number of benzene rings is 2. The fraction of sp³-hybridized carbons (Fsp3) is 0.188. The van der Waals surface area contributed by atoms with Gasteiger partial charge in [0.15, 0.2) is 0 Å². The molecule has 0 aliphatic carbocycles. The molecule has 0 aliphatic rings. The second-order valence-corrected chi connectivity index (χ2v) is 4.49. The van der Waals surface area contributed by atoms with Crippen molar-refractivity contribution in [3.05, 3.63) is 53.6 Å². The molecule has 0 saturated carbocycles. The van der Waals surface area contributed by atoms with Crippen molar-refractivity contribution in [3.8, 4) is 11.5 Å². The molecule has 2 aromatic rings. The number of hydrogen-bond acceptors (Lipinski definition) is 4. The first-order valence-corrected chi connectivity index (χ1v) is 6.48. The van der Waals surface area contributed by atoms with Crippen molar-refractivity contribution in [3.63, 3.8) is 0 Å². The van der Waals surface area contributed by atoms with E-state index in [1.807, 2.05) is 12.1 Å². The van der Waals surface area contributed by atoms with Crippen molar-refractivity contribution in [2.75, 3.05) is 20.0 Å². The highest BCUT2D eigenvalue weighted by molar-refractivity contribution is 5.94. The van der Waals surface area contributed by atoms with E-state index in [4.69, 9.17) is 15.2 Å². The van der Waals surface area contributed by atoms with Gasteiger partial charge in [0.25, 0.3) is 5.91 Å². The number of methoxy groups -OCH3 is 2. The third-order valence-corrected chi connectivity index (χ3v) is 3.08. The summed E-state index contributed by atoms with van der Waals surface area (Å²) in [6, 6.07) is 12.3. The first-order valence-electron chi connectivity index (χ1n) is 6.48. The SMILES string of the molecule is COc1ccc(OC)c(CNC(=O)c2cccc(N)c2)c1. The summed E-state index contributed by atoms with van der Waals surface area (Å²) in [6.07, 6.45) is 0. The molecular weight excluding hydrogens is 268 g/mol. The molecule has 0 spiro atoms. The highest BCUT2D eigenvalue weighted by Gasteiger charge is 2.09. The van der Waals surface area contributed by atoms with E-state index in [0.717, 1.165) is 5.56 Å². The molecule has 5 heteroatoms. The summed E-state index contributed by atoms with van der Waals surface area (Å²) in [5.74, 6) is 1.22. The summed E-state index contributed by atoms with van der Waals surface area (Å²) >= 11 is 0. The summed E-state index contributed by atoms with van der Waals surface area (Å²) in [5, 5.41) is 2.84. The first kappa shape index (κ1) is 14.7. The number of anilines is 1. The Morgan fingerprint density at radius 1 is 1.14 bits per heavy atom. The molecule has 2 rings (SSSR count). The van der Waals surface area contributed by atoms with Gasteiger partial charge in [-0.1, -0.05) is 6.07 Å². The molecule has 0 radical (unpaired) electrons. The van der Waals surface area contributed by atoms with Gasteiger partial charge >= 0.3 is 0 Å². The molecule has 0 saturated heterocycles. The second-order valence-electron chi connectivity index (χ2n) is 4.49. The average Bonchev–Trinajstić information content (AvgIpc) is 2.52. The number of amides is 1. The lowest BCUT2D eigenvalue weighted by Crippen LogP contribution is -2.23. The second kappa shape index (κ2) is 6.65. The predicted octanol–water partition coefficient (Wildman–Crippen LogP) is 2.22. The van der Waals surface area contributed by atoms with Gasteiger partial charge in [0, 0.05) is 23.4 Å². The van der Waals surface area contributed by atoms with Crippen molar-refractivity contribution < 1.29 is 14.3 Å². The molecule has 5 nitrogen and oxygen atoms in total. The van der Waals surface area contributed by atoms with Gasteiger partial charge in [-0.05, 0) is 36.4 Å². The van der Waals surface area contributed by atoms with Gasteiger partial charge in [-0.25, -0.2) is 0 Å². The van der Waals surface area contributed by atoms with E-state index in [-0.39, 0.29) is 5.91 Å². The molecule has 0 aliphatic heterocycles. The monoisotopic (exact) mass is 286 g/mol. The molecule has 1 amide bonds. The molecule has 0 atom stereocenters. The van der Waals surface area contributed by atoms with Crippen LogP contribution in [0, 0.1) is 0 Å². The standard InChI is InChI=1S/C16H18N2O3/c1-20-14-6-7-15(21-2)12(9-14)10-18-16(19)11-4-3-5-13(17)8-11/h3-9H,10,17H2,1-2H3,(H,18,19). The van der Waals surface area contributed by atoms with Crippen LogP contribution in [0.2, 0.25) is 0 Å². The zero-order valence-electron chi connectivity index (χ0n) is 12.1. The van der Waals surface area contributed by atoms with Crippen LogP contribution in [0.3, 0.4) is 0 Å². The Hall–Kier alpha value is -2.69. The quantitative estimate of drug-likeness (QED) is 0.827. The Morgan fingerprint density at radius 2 is 1.95 bits per heavy atom. The lowest BCUT2D eigenvalue weighted by molar-refractivity contribution is 0.0950. The number of ether oxygens (including phenoxy) is 2. The highest BCUT2D eigenvalue weighted by atomic mass is 16.5. The van der Waals surface area contributed by atoms with E-state index in [0.29, 0.717) is 29.3 Å². The fourth-order valence-electron chi connectivity index (χ4n) is 1.98. The first-order chi connectivity index (χ1) is 10.1. The van der Waals surface area contributed by atoms with E-state index in [1.54, 1.807) is 44.6 Å². The Morgan fingerprint density at radius 3 is 2.62 bits per heavy atom. The van der Waals surface area contributed by atoms with Crippen molar-refractivity contribution in [2.45, 2.75) is 6.54 Å². The highest BCUT2D eigenvalue weighted by Crippen LogP contribution is 2.23. The van der Waals surface area contributed by atoms with E-state index >= 15 is 0 Å². The van der Waals surface area contributed by atoms with Crippen LogP contribution >= 0.6 is 0 Å². The molecule has 0 fully saturated rings. The normalized spacial score (nSPS) is 10.0. The van der Waals surface area contributed by atoms with Gasteiger partial charge in [0.05, 0.1) is 14.2 Å². The zero-order chi connectivity index (χ0) is 15.2. The number of nitrogens with one attached hydrogen (secondary N) is 1. The Labute approximate surface area is 123 Å². The van der Waals surface area contributed by atoms with Crippen molar-refractivity contribution in [1.82, 2.24) is 5.32 Å². The van der Waals surface area contributed by atoms with E-state index in [9.17, 15) is 4.79 Å². The van der Waals surface area contributed by atoms with Crippen LogP contribution < -0.4 is 20.5 Å². The smallest absolute Gasteiger partial charge is 0.251 e. The summed E-state index contributed by atoms with van der Waals surface area (Å²) in [7, 11) is 3.18. The minimum atomic E-state index is -0.188. The molecule has 21 heavy (non-hydrogen) atoms. The average molecular weight is 286 g/mol. The number of carbonyl (C=O) groups excluding carboxylic acids is 1. The third-order valence-electron chi connectivity index (χ3n) is 3.08. The van der Waals surface area contributed by atoms with E-state index < -0.39 is 0 Å². The third kappa shape index (κ3) is 3.66. The summed E-state index contributed by atoms with van der Waals surface area (Å²) in [4.78, 5) is 12.1. The Bertz CT molecular complexity index is 641. The Balaban J connectivity index is 2.10. The van der Waals surface area contributed by atoms with Gasteiger partial charge in [0.2, 0.25) is 0 Å². The number of carbonyl (C=O) groups is 1. The summed E-state index contributed by atoms with van der Waals surface area (Å²) < 4.78 is 10.5. The molecule has 0 unspecified atom stereocenters. The van der Waals surface area contributed by atoms with Crippen LogP contribution in [0.1, 0.15) is 15.9 Å². The maximum absolute atomic E-state index is 12.1. The summed E-state index contributed by atoms with van der Waals surface area (Å²) in [5.41, 5.74) is 7.59. The van der Waals surface area contributed by atoms with Crippen LogP contribution in [0.25, 0.3) is 0 Å². The maximum Gasteiger partial charge on any atom is 0.251 e. The molecular formula is C16H18N2O3. The fourth-order valence-corrected chi connectivity index (χ4v) is 1.98. The lowest BCUT2D eigenvalue weighted by Gasteiger charge is -2.11. The van der Waals surface area contributed by atoms with Crippen LogP contribution in [0.15, 0.2) is 42.5 Å². The molecule has 0 bridgehead atoms. The Kier molecular flexibility index (Phi) is 4.66. The molecule has 0 heterocycles. The van der Waals surface area contributed by atoms with Gasteiger partial charge in [0.1, 0.15) is 11.5 Å². The number of hydrogen-bond donors (Lipinski definition) is 2. The predicted molar refractivity (Wildman–Crippen MR) is 81.6 cm³/mol. The summed E-state index contributed by atoms with van der Waals surface area (Å²) in [6.45, 7) is 0.341. The van der Waals surface area contributed by atoms with Crippen LogP contribution in [0.4, 0.5) is 5.69 Å². The van der Waals surface area contributed by atoms with E-state index in [2.05, 4.69) is 5.32 Å². The van der Waals surface area contributed by atoms with Crippen LogP contribution in [-0.2, 0) is 6.54 Å². The van der Waals surface area contributed by atoms with Gasteiger partial charge in [-0.3, -0.25) is 4.79 Å². The van der Waals surface area contributed by atoms with E-state index in [1.165, 1.54) is 0 Å². The van der Waals surface area contributed by atoms with Gasteiger partial charge in [-0.2, -0.15) is 0 Å². The minimum Gasteiger partial charge on any atom is -0.497 e. The minimum absolute atomic E-state index is 0.188. The van der Waals surface area contributed by atoms with Gasteiger partial charge < -0.3 is 20.5 Å². The lowest BCUT2D eigenvalue weighted by atomic mass is 10.1. The number of rotatable bonds is 5. The maximum atomic E-state index is 12.1. The molecule has 110 valence electrons. The molecule has 2 aromatic carbocycles. The van der Waals surface area contributed by atoms with Crippen molar-refractivity contribution in [2.24, 2.45) is 0 Å². The molecule has 3 N–H and O–H groups in total. The van der Waals surface area contributed by atoms with Crippen LogP contribution in [-0.4, -0.2) is 20.1 Å². The van der Waals surface area contributed by atoms with Gasteiger partial charge in [-0.15, -0.1) is 0 Å². The largest absolute Gasteiger partial charge is 0.497 e. The number of nitrogens with two attached hydrogens (primary N) is 1. The van der Waals surface area contributed by atoms with Crippen LogP contribution in [0.5, 0.6) is 11.5 Å². The van der Waals surface area contributed by atoms with Crippen molar-refractivity contribution in [1.29, 1.82) is 0 Å². The number of nitrogen functional groups attached to an aromatic ring is 1. The zero-order valence-corrected chi connectivity index (χ0v) is 12.1. The topological polar surface area (TPSA) is 73.6 Å². The molecule has 0 aromatic heterocycles.